The maximum absolute atomic E-state index is 12.1. The number of nitrogens with two attached hydrogens (primary N) is 1. The Morgan fingerprint density at radius 2 is 2.00 bits per heavy atom. The molecule has 19 heavy (non-hydrogen) atoms. The normalized spacial score (nSPS) is 11.5. The predicted molar refractivity (Wildman–Crippen MR) is 73.5 cm³/mol. The number of anilines is 1. The smallest absolute Gasteiger partial charge is 0.265 e. The third-order valence-corrected chi connectivity index (χ3v) is 3.96. The third kappa shape index (κ3) is 3.46. The van der Waals surface area contributed by atoms with E-state index in [0.29, 0.717) is 23.8 Å². The number of nitrogens with zero attached hydrogens (tertiary/aromatic N) is 2. The summed E-state index contributed by atoms with van der Waals surface area (Å²) in [5.41, 5.74) is 5.82. The van der Waals surface area contributed by atoms with Crippen LogP contribution in [0.25, 0.3) is 0 Å². The highest BCUT2D eigenvalue weighted by Crippen LogP contribution is 2.17. The molecule has 102 valence electrons. The highest BCUT2D eigenvalue weighted by molar-refractivity contribution is 7.92. The first-order valence-corrected chi connectivity index (χ1v) is 7.38. The van der Waals surface area contributed by atoms with Gasteiger partial charge in [0.25, 0.3) is 10.0 Å². The van der Waals surface area contributed by atoms with E-state index in [0.717, 1.165) is 0 Å². The second-order valence-corrected chi connectivity index (χ2v) is 5.96. The largest absolute Gasteiger partial charge is 0.329 e. The van der Waals surface area contributed by atoms with Crippen LogP contribution in [0.15, 0.2) is 41.6 Å². The second-order valence-electron chi connectivity index (χ2n) is 3.84. The van der Waals surface area contributed by atoms with E-state index in [4.69, 9.17) is 17.3 Å². The number of benzene rings is 1. The van der Waals surface area contributed by atoms with Gasteiger partial charge < -0.3 is 5.73 Å². The maximum Gasteiger partial charge on any atom is 0.265 e. The quantitative estimate of drug-likeness (QED) is 0.871. The van der Waals surface area contributed by atoms with Gasteiger partial charge in [-0.15, -0.1) is 0 Å². The van der Waals surface area contributed by atoms with Gasteiger partial charge in [-0.05, 0) is 24.3 Å². The summed E-state index contributed by atoms with van der Waals surface area (Å²) < 4.78 is 28.1. The molecule has 0 aliphatic heterocycles. The minimum atomic E-state index is -3.64. The van der Waals surface area contributed by atoms with Crippen molar-refractivity contribution in [3.05, 3.63) is 41.7 Å². The molecule has 2 rings (SSSR count). The molecule has 0 aliphatic rings. The Kier molecular flexibility index (Phi) is 4.08. The molecule has 1 aromatic heterocycles. The molecular formula is C11H13ClN4O2S. The monoisotopic (exact) mass is 300 g/mol. The van der Waals surface area contributed by atoms with E-state index < -0.39 is 10.0 Å². The zero-order valence-electron chi connectivity index (χ0n) is 9.95. The van der Waals surface area contributed by atoms with Crippen LogP contribution in [0.1, 0.15) is 0 Å². The molecule has 0 unspecified atom stereocenters. The summed E-state index contributed by atoms with van der Waals surface area (Å²) in [6.07, 6.45) is 2.72. The maximum atomic E-state index is 12.1. The highest BCUT2D eigenvalue weighted by atomic mass is 35.5. The third-order valence-electron chi connectivity index (χ3n) is 2.37. The molecular weight excluding hydrogens is 288 g/mol. The number of hydrogen-bond donors (Lipinski definition) is 2. The minimum Gasteiger partial charge on any atom is -0.329 e. The lowest BCUT2D eigenvalue weighted by Gasteiger charge is -2.05. The average molecular weight is 301 g/mol. The summed E-state index contributed by atoms with van der Waals surface area (Å²) in [5.74, 6) is 0. The molecule has 0 spiro atoms. The van der Waals surface area contributed by atoms with Gasteiger partial charge in [0, 0.05) is 23.5 Å². The van der Waals surface area contributed by atoms with Crippen molar-refractivity contribution >= 4 is 27.3 Å². The predicted octanol–water partition coefficient (Wildman–Crippen LogP) is 1.30. The molecule has 0 aliphatic carbocycles. The van der Waals surface area contributed by atoms with Crippen molar-refractivity contribution in [1.82, 2.24) is 9.78 Å². The fraction of sp³-hybridized carbons (Fsp3) is 0.182. The Balaban J connectivity index is 2.19. The molecule has 0 radical (unpaired) electrons. The van der Waals surface area contributed by atoms with Crippen molar-refractivity contribution in [3.63, 3.8) is 0 Å². The molecule has 1 heterocycles. The Hall–Kier alpha value is -1.57. The van der Waals surface area contributed by atoms with Gasteiger partial charge in [0.2, 0.25) is 0 Å². The van der Waals surface area contributed by atoms with Gasteiger partial charge >= 0.3 is 0 Å². The standard InChI is InChI=1S/C11H13ClN4O2S/c12-9-1-3-10(4-2-9)15-19(17,18)11-7-14-16(8-11)6-5-13/h1-4,7-8,15H,5-6,13H2. The van der Waals surface area contributed by atoms with Crippen LogP contribution >= 0.6 is 11.6 Å². The molecule has 1 aromatic carbocycles. The Bertz CT molecular complexity index is 652. The SMILES string of the molecule is NCCn1cc(S(=O)(=O)Nc2ccc(Cl)cc2)cn1. The molecule has 8 heteroatoms. The van der Waals surface area contributed by atoms with E-state index in [9.17, 15) is 8.42 Å². The van der Waals surface area contributed by atoms with Crippen LogP contribution in [0.4, 0.5) is 5.69 Å². The number of halogens is 1. The fourth-order valence-electron chi connectivity index (χ4n) is 1.47. The van der Waals surface area contributed by atoms with Crippen LogP contribution in [0, 0.1) is 0 Å². The first-order chi connectivity index (χ1) is 9.01. The molecule has 3 N–H and O–H groups in total. The molecule has 0 bridgehead atoms. The summed E-state index contributed by atoms with van der Waals surface area (Å²) in [7, 11) is -3.64. The zero-order chi connectivity index (χ0) is 13.9. The van der Waals surface area contributed by atoms with E-state index in [-0.39, 0.29) is 4.90 Å². The first-order valence-electron chi connectivity index (χ1n) is 5.52. The van der Waals surface area contributed by atoms with Crippen molar-refractivity contribution in [2.45, 2.75) is 11.4 Å². The van der Waals surface area contributed by atoms with Crippen LogP contribution in [0.5, 0.6) is 0 Å². The van der Waals surface area contributed by atoms with E-state index in [2.05, 4.69) is 9.82 Å². The van der Waals surface area contributed by atoms with Crippen molar-refractivity contribution in [2.24, 2.45) is 5.73 Å². The van der Waals surface area contributed by atoms with Crippen molar-refractivity contribution < 1.29 is 8.42 Å². The average Bonchev–Trinajstić information content (AvgIpc) is 2.82. The van der Waals surface area contributed by atoms with E-state index >= 15 is 0 Å². The molecule has 0 fully saturated rings. The highest BCUT2D eigenvalue weighted by Gasteiger charge is 2.16. The van der Waals surface area contributed by atoms with E-state index in [1.54, 1.807) is 24.3 Å². The summed E-state index contributed by atoms with van der Waals surface area (Å²) in [4.78, 5) is 0.0934. The van der Waals surface area contributed by atoms with Crippen molar-refractivity contribution in [2.75, 3.05) is 11.3 Å². The van der Waals surface area contributed by atoms with Crippen LogP contribution in [-0.2, 0) is 16.6 Å². The van der Waals surface area contributed by atoms with Gasteiger partial charge in [0.1, 0.15) is 4.90 Å². The number of sulfonamides is 1. The number of aromatic nitrogens is 2. The van der Waals surface area contributed by atoms with Gasteiger partial charge in [-0.2, -0.15) is 5.10 Å². The van der Waals surface area contributed by atoms with Crippen LogP contribution in [0.3, 0.4) is 0 Å². The minimum absolute atomic E-state index is 0.0934. The Morgan fingerprint density at radius 1 is 1.32 bits per heavy atom. The van der Waals surface area contributed by atoms with Crippen molar-refractivity contribution in [1.29, 1.82) is 0 Å². The van der Waals surface area contributed by atoms with Gasteiger partial charge in [-0.3, -0.25) is 9.40 Å². The molecule has 0 saturated heterocycles. The van der Waals surface area contributed by atoms with Crippen molar-refractivity contribution in [3.8, 4) is 0 Å². The van der Waals surface area contributed by atoms with E-state index in [1.807, 2.05) is 0 Å². The zero-order valence-corrected chi connectivity index (χ0v) is 11.5. The number of hydrogen-bond acceptors (Lipinski definition) is 4. The van der Waals surface area contributed by atoms with Gasteiger partial charge in [-0.1, -0.05) is 11.6 Å². The first kappa shape index (κ1) is 13.9. The van der Waals surface area contributed by atoms with Gasteiger partial charge in [0.15, 0.2) is 0 Å². The lowest BCUT2D eigenvalue weighted by Crippen LogP contribution is -2.13. The summed E-state index contributed by atoms with van der Waals surface area (Å²) in [6, 6.07) is 6.39. The number of rotatable bonds is 5. The Morgan fingerprint density at radius 3 is 2.63 bits per heavy atom. The summed E-state index contributed by atoms with van der Waals surface area (Å²) in [6.45, 7) is 0.863. The lowest BCUT2D eigenvalue weighted by atomic mass is 10.3. The van der Waals surface area contributed by atoms with E-state index in [1.165, 1.54) is 17.1 Å². The molecule has 6 nitrogen and oxygen atoms in total. The molecule has 2 aromatic rings. The second kappa shape index (κ2) is 5.60. The van der Waals surface area contributed by atoms with Crippen LogP contribution < -0.4 is 10.5 Å². The van der Waals surface area contributed by atoms with Crippen LogP contribution in [0.2, 0.25) is 5.02 Å². The topological polar surface area (TPSA) is 90.0 Å². The Labute approximate surface area is 116 Å². The molecule has 0 amide bonds. The summed E-state index contributed by atoms with van der Waals surface area (Å²) >= 11 is 5.74. The van der Waals surface area contributed by atoms with Gasteiger partial charge in [-0.25, -0.2) is 8.42 Å². The van der Waals surface area contributed by atoms with Crippen LogP contribution in [-0.4, -0.2) is 24.7 Å². The van der Waals surface area contributed by atoms with Gasteiger partial charge in [0.05, 0.1) is 12.7 Å². The molecule has 0 saturated carbocycles. The molecule has 0 atom stereocenters. The number of nitrogens with one attached hydrogen (secondary N) is 1. The summed E-state index contributed by atoms with van der Waals surface area (Å²) in [5, 5.41) is 4.46. The fourth-order valence-corrected chi connectivity index (χ4v) is 2.61. The lowest BCUT2D eigenvalue weighted by molar-refractivity contribution is 0.599.